The summed E-state index contributed by atoms with van der Waals surface area (Å²) in [5.41, 5.74) is 4.83. The molecule has 0 aromatic heterocycles. The molecule has 1 aliphatic rings. The molecule has 5 nitrogen and oxygen atoms in total. The molecule has 0 aliphatic carbocycles. The molecule has 2 unspecified atom stereocenters. The van der Waals surface area contributed by atoms with Gasteiger partial charge in [0, 0.05) is 25.2 Å². The van der Waals surface area contributed by atoms with Crippen molar-refractivity contribution in [1.29, 1.82) is 0 Å². The van der Waals surface area contributed by atoms with E-state index in [1.807, 2.05) is 20.8 Å². The Labute approximate surface area is 116 Å². The first-order chi connectivity index (χ1) is 8.94. The van der Waals surface area contributed by atoms with Gasteiger partial charge in [0.2, 0.25) is 5.91 Å². The van der Waals surface area contributed by atoms with Gasteiger partial charge in [-0.15, -0.1) is 0 Å². The molecule has 112 valence electrons. The lowest BCUT2D eigenvalue weighted by Crippen LogP contribution is -2.55. The fourth-order valence-corrected chi connectivity index (χ4v) is 2.40. The first kappa shape index (κ1) is 16.4. The first-order valence-corrected chi connectivity index (χ1v) is 7.17. The van der Waals surface area contributed by atoms with Gasteiger partial charge in [0.05, 0.1) is 18.8 Å². The highest BCUT2D eigenvalue weighted by molar-refractivity contribution is 5.84. The van der Waals surface area contributed by atoms with Crippen LogP contribution in [0.2, 0.25) is 0 Å². The van der Waals surface area contributed by atoms with Crippen molar-refractivity contribution in [3.8, 4) is 0 Å². The highest BCUT2D eigenvalue weighted by Crippen LogP contribution is 2.15. The molecule has 3 N–H and O–H groups in total. The van der Waals surface area contributed by atoms with E-state index < -0.39 is 5.54 Å². The van der Waals surface area contributed by atoms with Crippen LogP contribution < -0.4 is 11.1 Å². The van der Waals surface area contributed by atoms with Crippen LogP contribution >= 0.6 is 0 Å². The van der Waals surface area contributed by atoms with Gasteiger partial charge in [-0.1, -0.05) is 0 Å². The lowest BCUT2D eigenvalue weighted by molar-refractivity contribution is -0.124. The van der Waals surface area contributed by atoms with Crippen molar-refractivity contribution in [2.75, 3.05) is 26.4 Å². The van der Waals surface area contributed by atoms with Crippen molar-refractivity contribution in [2.45, 2.75) is 51.6 Å². The maximum absolute atomic E-state index is 11.5. The molecular formula is C14H28N2O3. The van der Waals surface area contributed by atoms with E-state index in [1.54, 1.807) is 0 Å². The molecule has 5 heteroatoms. The number of ether oxygens (including phenoxy) is 2. The van der Waals surface area contributed by atoms with Crippen molar-refractivity contribution in [1.82, 2.24) is 5.32 Å². The fraction of sp³-hybridized carbons (Fsp3) is 0.929. The predicted octanol–water partition coefficient (Wildman–Crippen LogP) is 1.06. The topological polar surface area (TPSA) is 73.6 Å². The quantitative estimate of drug-likeness (QED) is 0.616. The van der Waals surface area contributed by atoms with E-state index in [9.17, 15) is 4.79 Å². The van der Waals surface area contributed by atoms with Crippen LogP contribution in [0.15, 0.2) is 0 Å². The molecule has 0 spiro atoms. The second kappa shape index (κ2) is 7.82. The summed E-state index contributed by atoms with van der Waals surface area (Å²) in [6.45, 7) is 8.97. The molecule has 1 saturated heterocycles. The van der Waals surface area contributed by atoms with Gasteiger partial charge in [0.25, 0.3) is 0 Å². The van der Waals surface area contributed by atoms with Gasteiger partial charge in [0.1, 0.15) is 0 Å². The van der Waals surface area contributed by atoms with E-state index >= 15 is 0 Å². The van der Waals surface area contributed by atoms with Gasteiger partial charge in [-0.2, -0.15) is 0 Å². The monoisotopic (exact) mass is 272 g/mol. The zero-order valence-electron chi connectivity index (χ0n) is 12.4. The molecule has 0 bridgehead atoms. The van der Waals surface area contributed by atoms with Gasteiger partial charge < -0.3 is 20.5 Å². The van der Waals surface area contributed by atoms with Crippen LogP contribution in [0.4, 0.5) is 0 Å². The summed E-state index contributed by atoms with van der Waals surface area (Å²) in [5, 5.41) is 3.24. The van der Waals surface area contributed by atoms with Crippen LogP contribution in [0.25, 0.3) is 0 Å². The summed E-state index contributed by atoms with van der Waals surface area (Å²) in [7, 11) is 0. The van der Waals surface area contributed by atoms with Crippen molar-refractivity contribution in [2.24, 2.45) is 11.7 Å². The van der Waals surface area contributed by atoms with Gasteiger partial charge in [0.15, 0.2) is 0 Å². The Morgan fingerprint density at radius 3 is 2.84 bits per heavy atom. The average molecular weight is 272 g/mol. The lowest BCUT2D eigenvalue weighted by atomic mass is 9.94. The number of nitrogens with one attached hydrogen (secondary N) is 1. The molecular weight excluding hydrogens is 244 g/mol. The standard InChI is InChI=1S/C14H28N2O3/c1-11(2)16-14(3,13(15)17)6-4-7-18-9-12-5-8-19-10-12/h11-12,16H,4-10H2,1-3H3,(H2,15,17). The number of nitrogens with two attached hydrogens (primary N) is 1. The summed E-state index contributed by atoms with van der Waals surface area (Å²) >= 11 is 0. The van der Waals surface area contributed by atoms with Crippen LogP contribution in [-0.4, -0.2) is 43.9 Å². The largest absolute Gasteiger partial charge is 0.381 e. The number of hydrogen-bond acceptors (Lipinski definition) is 4. The number of rotatable bonds is 9. The van der Waals surface area contributed by atoms with Crippen molar-refractivity contribution < 1.29 is 14.3 Å². The average Bonchev–Trinajstić information content (AvgIpc) is 2.80. The minimum atomic E-state index is -0.645. The molecule has 1 amide bonds. The second-order valence-electron chi connectivity index (χ2n) is 5.90. The molecule has 2 atom stereocenters. The molecule has 0 aromatic carbocycles. The Hall–Kier alpha value is -0.650. The van der Waals surface area contributed by atoms with Gasteiger partial charge in [-0.25, -0.2) is 0 Å². The lowest BCUT2D eigenvalue weighted by Gasteiger charge is -2.29. The number of amides is 1. The molecule has 0 saturated carbocycles. The summed E-state index contributed by atoms with van der Waals surface area (Å²) in [6, 6.07) is 0.231. The maximum atomic E-state index is 11.5. The van der Waals surface area contributed by atoms with Gasteiger partial charge >= 0.3 is 0 Å². The number of carbonyl (C=O) groups is 1. The molecule has 1 rings (SSSR count). The molecule has 0 radical (unpaired) electrons. The molecule has 1 aliphatic heterocycles. The van der Waals surface area contributed by atoms with Crippen molar-refractivity contribution >= 4 is 5.91 Å². The van der Waals surface area contributed by atoms with E-state index in [0.717, 1.165) is 32.7 Å². The number of primary amides is 1. The summed E-state index contributed by atoms with van der Waals surface area (Å²) in [6.07, 6.45) is 2.61. The summed E-state index contributed by atoms with van der Waals surface area (Å²) < 4.78 is 10.9. The number of hydrogen-bond donors (Lipinski definition) is 2. The molecule has 1 heterocycles. The Morgan fingerprint density at radius 1 is 1.58 bits per heavy atom. The van der Waals surface area contributed by atoms with Crippen LogP contribution in [0.5, 0.6) is 0 Å². The van der Waals surface area contributed by atoms with E-state index in [1.165, 1.54) is 0 Å². The normalized spacial score (nSPS) is 22.6. The third-order valence-corrected chi connectivity index (χ3v) is 3.49. The van der Waals surface area contributed by atoms with Crippen LogP contribution in [0.3, 0.4) is 0 Å². The van der Waals surface area contributed by atoms with Gasteiger partial charge in [-0.05, 0) is 40.0 Å². The third kappa shape index (κ3) is 5.89. The van der Waals surface area contributed by atoms with Crippen molar-refractivity contribution in [3.63, 3.8) is 0 Å². The third-order valence-electron chi connectivity index (χ3n) is 3.49. The Morgan fingerprint density at radius 2 is 2.32 bits per heavy atom. The zero-order chi connectivity index (χ0) is 14.3. The summed E-state index contributed by atoms with van der Waals surface area (Å²) in [4.78, 5) is 11.5. The molecule has 19 heavy (non-hydrogen) atoms. The SMILES string of the molecule is CC(C)NC(C)(CCCOCC1CCOC1)C(N)=O. The van der Waals surface area contributed by atoms with Gasteiger partial charge in [-0.3, -0.25) is 4.79 Å². The van der Waals surface area contributed by atoms with Crippen LogP contribution in [-0.2, 0) is 14.3 Å². The maximum Gasteiger partial charge on any atom is 0.237 e. The minimum Gasteiger partial charge on any atom is -0.381 e. The Kier molecular flexibility index (Phi) is 6.75. The fourth-order valence-electron chi connectivity index (χ4n) is 2.40. The second-order valence-corrected chi connectivity index (χ2v) is 5.90. The Bertz CT molecular complexity index is 278. The van der Waals surface area contributed by atoms with E-state index in [0.29, 0.717) is 18.9 Å². The number of carbonyl (C=O) groups excluding carboxylic acids is 1. The van der Waals surface area contributed by atoms with Crippen molar-refractivity contribution in [3.05, 3.63) is 0 Å². The van der Waals surface area contributed by atoms with Crippen LogP contribution in [0, 0.1) is 5.92 Å². The zero-order valence-corrected chi connectivity index (χ0v) is 12.4. The van der Waals surface area contributed by atoms with E-state index in [2.05, 4.69) is 5.32 Å². The molecule has 0 aromatic rings. The van der Waals surface area contributed by atoms with E-state index in [-0.39, 0.29) is 11.9 Å². The first-order valence-electron chi connectivity index (χ1n) is 7.17. The minimum absolute atomic E-state index is 0.231. The van der Waals surface area contributed by atoms with E-state index in [4.69, 9.17) is 15.2 Å². The van der Waals surface area contributed by atoms with Crippen LogP contribution in [0.1, 0.15) is 40.0 Å². The highest BCUT2D eigenvalue weighted by atomic mass is 16.5. The molecule has 1 fully saturated rings. The Balaban J connectivity index is 2.18. The highest BCUT2D eigenvalue weighted by Gasteiger charge is 2.30. The predicted molar refractivity (Wildman–Crippen MR) is 74.9 cm³/mol. The smallest absolute Gasteiger partial charge is 0.237 e. The summed E-state index contributed by atoms with van der Waals surface area (Å²) in [5.74, 6) is 0.238.